The van der Waals surface area contributed by atoms with Gasteiger partial charge in [-0.3, -0.25) is 4.79 Å². The van der Waals surface area contributed by atoms with Crippen LogP contribution in [0.25, 0.3) is 11.5 Å². The second-order valence-corrected chi connectivity index (χ2v) is 8.51. The summed E-state index contributed by atoms with van der Waals surface area (Å²) in [4.78, 5) is 23.1. The van der Waals surface area contributed by atoms with Gasteiger partial charge in [0, 0.05) is 24.1 Å². The Morgan fingerprint density at radius 2 is 1.77 bits per heavy atom. The molecule has 160 valence electrons. The fraction of sp³-hybridized carbons (Fsp3) is 0.391. The van der Waals surface area contributed by atoms with E-state index in [9.17, 15) is 13.6 Å². The average molecular weight is 424 g/mol. The molecule has 0 radical (unpaired) electrons. The van der Waals surface area contributed by atoms with Gasteiger partial charge in [-0.2, -0.15) is 4.98 Å². The van der Waals surface area contributed by atoms with Crippen molar-refractivity contribution in [2.75, 3.05) is 13.1 Å². The monoisotopic (exact) mass is 424 g/mol. The minimum Gasteiger partial charge on any atom is -0.337 e. The van der Waals surface area contributed by atoms with Crippen molar-refractivity contribution in [1.29, 1.82) is 0 Å². The average Bonchev–Trinajstić information content (AvgIpc) is 3.45. The summed E-state index contributed by atoms with van der Waals surface area (Å²) in [5.74, 6) is 0.702. The maximum atomic E-state index is 13.2. The normalized spacial score (nSPS) is 18.2. The van der Waals surface area contributed by atoms with Crippen molar-refractivity contribution in [3.05, 3.63) is 65.7 Å². The molecule has 1 saturated heterocycles. The Morgan fingerprint density at radius 1 is 1.06 bits per heavy atom. The van der Waals surface area contributed by atoms with Gasteiger partial charge in [0.25, 0.3) is 11.8 Å². The molecule has 0 spiro atoms. The SMILES string of the molecule is O=C(c1ccc(F)cn1)N1CCC(CC2CC2)(c2noc(-c3ccc(F)cc3)n2)CC1. The number of amides is 1. The predicted octanol–water partition coefficient (Wildman–Crippen LogP) is 4.38. The third-order valence-corrected chi connectivity index (χ3v) is 6.32. The third-order valence-electron chi connectivity index (χ3n) is 6.32. The number of hydrogen-bond donors (Lipinski definition) is 0. The highest BCUT2D eigenvalue weighted by Gasteiger charge is 2.45. The van der Waals surface area contributed by atoms with E-state index < -0.39 is 5.82 Å². The lowest BCUT2D eigenvalue weighted by Crippen LogP contribution is -2.46. The summed E-state index contributed by atoms with van der Waals surface area (Å²) in [5.41, 5.74) is 0.668. The smallest absolute Gasteiger partial charge is 0.272 e. The van der Waals surface area contributed by atoms with Gasteiger partial charge in [0.1, 0.15) is 17.3 Å². The molecule has 8 heteroatoms. The van der Waals surface area contributed by atoms with Gasteiger partial charge < -0.3 is 9.42 Å². The molecule has 3 aromatic rings. The van der Waals surface area contributed by atoms with Crippen molar-refractivity contribution in [3.63, 3.8) is 0 Å². The van der Waals surface area contributed by atoms with E-state index in [4.69, 9.17) is 4.52 Å². The van der Waals surface area contributed by atoms with Crippen molar-refractivity contribution in [2.24, 2.45) is 5.92 Å². The first-order chi connectivity index (χ1) is 15.0. The topological polar surface area (TPSA) is 72.1 Å². The van der Waals surface area contributed by atoms with Crippen LogP contribution in [0.2, 0.25) is 0 Å². The molecule has 0 bridgehead atoms. The summed E-state index contributed by atoms with van der Waals surface area (Å²) >= 11 is 0. The molecule has 0 unspecified atom stereocenters. The zero-order chi connectivity index (χ0) is 21.4. The highest BCUT2D eigenvalue weighted by Crippen LogP contribution is 2.47. The van der Waals surface area contributed by atoms with E-state index in [-0.39, 0.29) is 22.8 Å². The number of rotatable bonds is 5. The second kappa shape index (κ2) is 7.83. The van der Waals surface area contributed by atoms with Crippen molar-refractivity contribution >= 4 is 5.91 Å². The largest absolute Gasteiger partial charge is 0.337 e. The lowest BCUT2D eigenvalue weighted by Gasteiger charge is -2.40. The Bertz CT molecular complexity index is 1070. The molecule has 1 amide bonds. The van der Waals surface area contributed by atoms with Gasteiger partial charge in [-0.05, 0) is 61.6 Å². The lowest BCUT2D eigenvalue weighted by molar-refractivity contribution is 0.0639. The van der Waals surface area contributed by atoms with Gasteiger partial charge in [-0.25, -0.2) is 13.8 Å². The zero-order valence-corrected chi connectivity index (χ0v) is 16.9. The molecule has 2 aliphatic rings. The molecule has 31 heavy (non-hydrogen) atoms. The number of benzene rings is 1. The van der Waals surface area contributed by atoms with Crippen LogP contribution in [0.5, 0.6) is 0 Å². The van der Waals surface area contributed by atoms with Gasteiger partial charge in [-0.1, -0.05) is 18.0 Å². The molecule has 0 N–H and O–H groups in total. The maximum absolute atomic E-state index is 13.2. The molecule has 1 aromatic carbocycles. The number of carbonyl (C=O) groups is 1. The minimum atomic E-state index is -0.465. The van der Waals surface area contributed by atoms with E-state index in [1.54, 1.807) is 17.0 Å². The second-order valence-electron chi connectivity index (χ2n) is 8.51. The summed E-state index contributed by atoms with van der Waals surface area (Å²) < 4.78 is 31.9. The molecule has 2 aromatic heterocycles. The number of piperidine rings is 1. The molecule has 3 heterocycles. The van der Waals surface area contributed by atoms with Gasteiger partial charge in [0.2, 0.25) is 0 Å². The van der Waals surface area contributed by atoms with E-state index in [2.05, 4.69) is 15.1 Å². The molecule has 0 atom stereocenters. The summed E-state index contributed by atoms with van der Waals surface area (Å²) in [6, 6.07) is 8.64. The molecular formula is C23H22F2N4O2. The summed E-state index contributed by atoms with van der Waals surface area (Å²) in [6.07, 6.45) is 5.87. The van der Waals surface area contributed by atoms with Crippen LogP contribution < -0.4 is 0 Å². The van der Waals surface area contributed by atoms with Crippen LogP contribution in [-0.4, -0.2) is 39.0 Å². The quantitative estimate of drug-likeness (QED) is 0.608. The molecule has 1 aliphatic heterocycles. The fourth-order valence-corrected chi connectivity index (χ4v) is 4.34. The number of aromatic nitrogens is 3. The summed E-state index contributed by atoms with van der Waals surface area (Å²) in [5, 5.41) is 4.29. The number of carbonyl (C=O) groups excluding carboxylic acids is 1. The Labute approximate surface area is 178 Å². The molecule has 6 nitrogen and oxygen atoms in total. The molecule has 1 saturated carbocycles. The Kier molecular flexibility index (Phi) is 5.00. The third kappa shape index (κ3) is 4.06. The van der Waals surface area contributed by atoms with Crippen molar-refractivity contribution < 1.29 is 18.1 Å². The number of likely N-dealkylation sites (tertiary alicyclic amines) is 1. The van der Waals surface area contributed by atoms with Crippen LogP contribution in [-0.2, 0) is 5.41 Å². The van der Waals surface area contributed by atoms with E-state index in [0.29, 0.717) is 36.3 Å². The number of nitrogens with zero attached hydrogens (tertiary/aromatic N) is 4. The van der Waals surface area contributed by atoms with Crippen LogP contribution in [0, 0.1) is 17.6 Å². The Morgan fingerprint density at radius 3 is 2.42 bits per heavy atom. The highest BCUT2D eigenvalue weighted by atomic mass is 19.1. The first-order valence-corrected chi connectivity index (χ1v) is 10.5. The van der Waals surface area contributed by atoms with E-state index in [1.165, 1.54) is 37.1 Å². The van der Waals surface area contributed by atoms with Gasteiger partial charge in [0.05, 0.1) is 6.20 Å². The summed E-state index contributed by atoms with van der Waals surface area (Å²) in [7, 11) is 0. The van der Waals surface area contributed by atoms with Crippen molar-refractivity contribution in [1.82, 2.24) is 20.0 Å². The highest BCUT2D eigenvalue weighted by molar-refractivity contribution is 5.92. The number of halogens is 2. The predicted molar refractivity (Wildman–Crippen MR) is 108 cm³/mol. The number of pyridine rings is 1. The minimum absolute atomic E-state index is 0.194. The first-order valence-electron chi connectivity index (χ1n) is 10.5. The molecule has 1 aliphatic carbocycles. The van der Waals surface area contributed by atoms with Gasteiger partial charge >= 0.3 is 0 Å². The van der Waals surface area contributed by atoms with E-state index >= 15 is 0 Å². The van der Waals surface area contributed by atoms with Crippen LogP contribution >= 0.6 is 0 Å². The van der Waals surface area contributed by atoms with E-state index in [0.717, 1.165) is 25.5 Å². The Balaban J connectivity index is 1.35. The zero-order valence-electron chi connectivity index (χ0n) is 16.9. The molecule has 2 fully saturated rings. The Hall–Kier alpha value is -3.16. The van der Waals surface area contributed by atoms with E-state index in [1.807, 2.05) is 0 Å². The molecule has 5 rings (SSSR count). The molecular weight excluding hydrogens is 402 g/mol. The standard InChI is InChI=1S/C23H22F2N4O2/c24-17-5-3-16(4-6-17)20-27-22(28-31-20)23(13-15-1-2-15)9-11-29(12-10-23)21(30)19-8-7-18(25)14-26-19/h3-8,14-15H,1-2,9-13H2. The lowest BCUT2D eigenvalue weighted by atomic mass is 9.73. The van der Waals surface area contributed by atoms with Crippen LogP contribution in [0.1, 0.15) is 48.4 Å². The first kappa shape index (κ1) is 19.8. The fourth-order valence-electron chi connectivity index (χ4n) is 4.34. The van der Waals surface area contributed by atoms with Crippen LogP contribution in [0.4, 0.5) is 8.78 Å². The van der Waals surface area contributed by atoms with Crippen molar-refractivity contribution in [3.8, 4) is 11.5 Å². The van der Waals surface area contributed by atoms with Gasteiger partial charge in [0.15, 0.2) is 5.82 Å². The van der Waals surface area contributed by atoms with Crippen LogP contribution in [0.3, 0.4) is 0 Å². The summed E-state index contributed by atoms with van der Waals surface area (Å²) in [6.45, 7) is 1.09. The number of hydrogen-bond acceptors (Lipinski definition) is 5. The van der Waals surface area contributed by atoms with Crippen molar-refractivity contribution in [2.45, 2.75) is 37.5 Å². The van der Waals surface area contributed by atoms with Crippen LogP contribution in [0.15, 0.2) is 47.1 Å². The maximum Gasteiger partial charge on any atom is 0.272 e. The van der Waals surface area contributed by atoms with Gasteiger partial charge in [-0.15, -0.1) is 0 Å².